The van der Waals surface area contributed by atoms with Crippen LogP contribution in [0.4, 0.5) is 5.69 Å². The summed E-state index contributed by atoms with van der Waals surface area (Å²) in [6.45, 7) is 8.50. The van der Waals surface area contributed by atoms with Gasteiger partial charge in [-0.25, -0.2) is 4.79 Å². The van der Waals surface area contributed by atoms with Crippen molar-refractivity contribution >= 4 is 11.7 Å². The molecule has 0 saturated carbocycles. The van der Waals surface area contributed by atoms with E-state index in [0.717, 1.165) is 29.7 Å². The third-order valence-electron chi connectivity index (χ3n) is 3.13. The Balaban J connectivity index is 2.67. The van der Waals surface area contributed by atoms with E-state index in [1.165, 1.54) is 0 Å². The predicted octanol–water partition coefficient (Wildman–Crippen LogP) is 3.42. The van der Waals surface area contributed by atoms with Crippen LogP contribution in [0.25, 0.3) is 0 Å². The highest BCUT2D eigenvalue weighted by Crippen LogP contribution is 2.30. The Bertz CT molecular complexity index is 455. The Labute approximate surface area is 121 Å². The van der Waals surface area contributed by atoms with Crippen LogP contribution in [-0.4, -0.2) is 19.2 Å². The first-order chi connectivity index (χ1) is 9.45. The molecule has 0 fully saturated rings. The summed E-state index contributed by atoms with van der Waals surface area (Å²) in [7, 11) is 0. The molecule has 0 aromatic heterocycles. The van der Waals surface area contributed by atoms with E-state index in [9.17, 15) is 4.79 Å². The second-order valence-corrected chi connectivity index (χ2v) is 5.26. The summed E-state index contributed by atoms with van der Waals surface area (Å²) < 4.78 is 10.7. The summed E-state index contributed by atoms with van der Waals surface area (Å²) in [6, 6.07) is 3.79. The summed E-state index contributed by atoms with van der Waals surface area (Å²) in [5.74, 6) is 0.658. The minimum atomic E-state index is -0.331. The van der Waals surface area contributed by atoms with Gasteiger partial charge in [0.05, 0.1) is 6.61 Å². The fraction of sp³-hybridized carbons (Fsp3) is 0.562. The highest BCUT2D eigenvalue weighted by Gasteiger charge is 2.12. The van der Waals surface area contributed by atoms with Gasteiger partial charge in [0, 0.05) is 5.69 Å². The second-order valence-electron chi connectivity index (χ2n) is 5.26. The van der Waals surface area contributed by atoms with Crippen molar-refractivity contribution < 1.29 is 14.3 Å². The second kappa shape index (κ2) is 7.78. The van der Waals surface area contributed by atoms with E-state index in [0.29, 0.717) is 12.4 Å². The summed E-state index contributed by atoms with van der Waals surface area (Å²) in [5, 5.41) is 0. The van der Waals surface area contributed by atoms with Crippen molar-refractivity contribution in [2.24, 2.45) is 0 Å². The Morgan fingerprint density at radius 1 is 1.35 bits per heavy atom. The number of nitrogen functional groups attached to an aromatic ring is 1. The molecule has 0 aliphatic heterocycles. The maximum atomic E-state index is 11.6. The molecule has 112 valence electrons. The standard InChI is InChI=1S/C16H25NO3/c1-5-6-7-19-16(18)10-20-15-8-12(4)14(17)9-13(15)11(2)3/h8-9,11H,5-7,10,17H2,1-4H3. The van der Waals surface area contributed by atoms with E-state index < -0.39 is 0 Å². The van der Waals surface area contributed by atoms with Crippen LogP contribution < -0.4 is 10.5 Å². The molecule has 4 nitrogen and oxygen atoms in total. The van der Waals surface area contributed by atoms with E-state index >= 15 is 0 Å². The molecule has 20 heavy (non-hydrogen) atoms. The topological polar surface area (TPSA) is 61.5 Å². The van der Waals surface area contributed by atoms with Gasteiger partial charge in [-0.2, -0.15) is 0 Å². The Morgan fingerprint density at radius 2 is 2.05 bits per heavy atom. The largest absolute Gasteiger partial charge is 0.482 e. The quantitative estimate of drug-likeness (QED) is 0.472. The normalized spacial score (nSPS) is 10.7. The van der Waals surface area contributed by atoms with Crippen molar-refractivity contribution in [2.45, 2.75) is 46.5 Å². The van der Waals surface area contributed by atoms with E-state index in [1.54, 1.807) is 0 Å². The van der Waals surface area contributed by atoms with Gasteiger partial charge in [0.2, 0.25) is 0 Å². The molecule has 4 heteroatoms. The third kappa shape index (κ3) is 4.76. The van der Waals surface area contributed by atoms with E-state index in [1.807, 2.05) is 19.1 Å². The number of hydrogen-bond acceptors (Lipinski definition) is 4. The molecule has 0 spiro atoms. The number of hydrogen-bond donors (Lipinski definition) is 1. The Kier molecular flexibility index (Phi) is 6.36. The highest BCUT2D eigenvalue weighted by molar-refractivity contribution is 5.71. The maximum Gasteiger partial charge on any atom is 0.344 e. The lowest BCUT2D eigenvalue weighted by Crippen LogP contribution is -2.16. The number of aryl methyl sites for hydroxylation is 1. The Hall–Kier alpha value is -1.71. The van der Waals surface area contributed by atoms with Crippen LogP contribution in [0.5, 0.6) is 5.75 Å². The van der Waals surface area contributed by atoms with Gasteiger partial charge in [0.25, 0.3) is 0 Å². The molecule has 0 atom stereocenters. The number of anilines is 1. The molecule has 0 heterocycles. The summed E-state index contributed by atoms with van der Waals surface area (Å²) in [4.78, 5) is 11.6. The van der Waals surface area contributed by atoms with Crippen LogP contribution in [0.2, 0.25) is 0 Å². The number of carbonyl (C=O) groups is 1. The zero-order valence-electron chi connectivity index (χ0n) is 12.9. The fourth-order valence-electron chi connectivity index (χ4n) is 1.80. The van der Waals surface area contributed by atoms with Gasteiger partial charge < -0.3 is 15.2 Å². The van der Waals surface area contributed by atoms with Gasteiger partial charge in [-0.3, -0.25) is 0 Å². The van der Waals surface area contributed by atoms with Crippen molar-refractivity contribution in [3.05, 3.63) is 23.3 Å². The van der Waals surface area contributed by atoms with Gasteiger partial charge in [0.1, 0.15) is 5.75 Å². The first-order valence-electron chi connectivity index (χ1n) is 7.14. The smallest absolute Gasteiger partial charge is 0.344 e. The Morgan fingerprint density at radius 3 is 2.65 bits per heavy atom. The molecule has 0 radical (unpaired) electrons. The van der Waals surface area contributed by atoms with Crippen LogP contribution in [0.1, 0.15) is 50.7 Å². The van der Waals surface area contributed by atoms with Gasteiger partial charge in [-0.15, -0.1) is 0 Å². The molecule has 2 N–H and O–H groups in total. The van der Waals surface area contributed by atoms with Crippen molar-refractivity contribution in [2.75, 3.05) is 18.9 Å². The van der Waals surface area contributed by atoms with Crippen molar-refractivity contribution in [1.29, 1.82) is 0 Å². The molecule has 0 bridgehead atoms. The van der Waals surface area contributed by atoms with Crippen LogP contribution in [0, 0.1) is 6.92 Å². The number of unbranched alkanes of at least 4 members (excludes halogenated alkanes) is 1. The van der Waals surface area contributed by atoms with Crippen molar-refractivity contribution in [1.82, 2.24) is 0 Å². The zero-order valence-corrected chi connectivity index (χ0v) is 12.9. The number of esters is 1. The van der Waals surface area contributed by atoms with Gasteiger partial charge in [-0.1, -0.05) is 27.2 Å². The first kappa shape index (κ1) is 16.3. The molecule has 0 unspecified atom stereocenters. The lowest BCUT2D eigenvalue weighted by molar-refractivity contribution is -0.146. The number of rotatable bonds is 7. The molecule has 0 saturated heterocycles. The number of ether oxygens (including phenoxy) is 2. The average molecular weight is 279 g/mol. The highest BCUT2D eigenvalue weighted by atomic mass is 16.6. The number of benzene rings is 1. The third-order valence-corrected chi connectivity index (χ3v) is 3.13. The SMILES string of the molecule is CCCCOC(=O)COc1cc(C)c(N)cc1C(C)C. The number of carbonyl (C=O) groups excluding carboxylic acids is 1. The van der Waals surface area contributed by atoms with E-state index in [4.69, 9.17) is 15.2 Å². The first-order valence-corrected chi connectivity index (χ1v) is 7.14. The van der Waals surface area contributed by atoms with Crippen molar-refractivity contribution in [3.8, 4) is 5.75 Å². The lowest BCUT2D eigenvalue weighted by Gasteiger charge is -2.16. The molecular weight excluding hydrogens is 254 g/mol. The van der Waals surface area contributed by atoms with Gasteiger partial charge >= 0.3 is 5.97 Å². The van der Waals surface area contributed by atoms with Crippen molar-refractivity contribution in [3.63, 3.8) is 0 Å². The van der Waals surface area contributed by atoms with Gasteiger partial charge in [0.15, 0.2) is 6.61 Å². The molecule has 1 aromatic rings. The summed E-state index contributed by atoms with van der Waals surface area (Å²) >= 11 is 0. The molecule has 1 aromatic carbocycles. The molecular formula is C16H25NO3. The minimum Gasteiger partial charge on any atom is -0.482 e. The molecule has 1 rings (SSSR count). The zero-order chi connectivity index (χ0) is 15.1. The van der Waals surface area contributed by atoms with Crippen LogP contribution in [0.15, 0.2) is 12.1 Å². The van der Waals surface area contributed by atoms with Crippen LogP contribution in [0.3, 0.4) is 0 Å². The van der Waals surface area contributed by atoms with E-state index in [-0.39, 0.29) is 18.5 Å². The molecule has 0 aliphatic carbocycles. The predicted molar refractivity (Wildman–Crippen MR) is 81.0 cm³/mol. The average Bonchev–Trinajstić information content (AvgIpc) is 2.39. The van der Waals surface area contributed by atoms with Gasteiger partial charge in [-0.05, 0) is 42.5 Å². The van der Waals surface area contributed by atoms with Crippen LogP contribution in [-0.2, 0) is 9.53 Å². The summed E-state index contributed by atoms with van der Waals surface area (Å²) in [6.07, 6.45) is 1.88. The monoisotopic (exact) mass is 279 g/mol. The maximum absolute atomic E-state index is 11.6. The fourth-order valence-corrected chi connectivity index (χ4v) is 1.80. The lowest BCUT2D eigenvalue weighted by atomic mass is 9.99. The summed E-state index contributed by atoms with van der Waals surface area (Å²) in [5.41, 5.74) is 8.62. The van der Waals surface area contributed by atoms with Crippen LogP contribution >= 0.6 is 0 Å². The molecule has 0 aliphatic rings. The van der Waals surface area contributed by atoms with E-state index in [2.05, 4.69) is 20.8 Å². The molecule has 0 amide bonds. The minimum absolute atomic E-state index is 0.0627. The number of nitrogens with two attached hydrogens (primary N) is 1.